The van der Waals surface area contributed by atoms with E-state index in [-0.39, 0.29) is 5.69 Å². The zero-order valence-corrected chi connectivity index (χ0v) is 11.4. The normalized spacial score (nSPS) is 17.2. The highest BCUT2D eigenvalue weighted by Gasteiger charge is 2.16. The summed E-state index contributed by atoms with van der Waals surface area (Å²) in [6.45, 7) is 3.15. The first-order valence-corrected chi connectivity index (χ1v) is 6.52. The summed E-state index contributed by atoms with van der Waals surface area (Å²) in [4.78, 5) is 21.9. The lowest BCUT2D eigenvalue weighted by Crippen LogP contribution is -2.33. The Bertz CT molecular complexity index is 430. The van der Waals surface area contributed by atoms with Crippen LogP contribution in [0.2, 0.25) is 0 Å². The Hall–Kier alpha value is -1.69. The lowest BCUT2D eigenvalue weighted by Gasteiger charge is -2.29. The second-order valence-corrected chi connectivity index (χ2v) is 4.91. The number of anilines is 1. The highest BCUT2D eigenvalue weighted by molar-refractivity contribution is 5.87. The van der Waals surface area contributed by atoms with Crippen molar-refractivity contribution in [1.29, 1.82) is 0 Å². The van der Waals surface area contributed by atoms with Crippen LogP contribution < -0.4 is 5.32 Å². The van der Waals surface area contributed by atoms with E-state index in [9.17, 15) is 4.79 Å². The SMILES string of the molecule is COC(=O)c1cncc(NCC2CCN(C)CC2)n1. The summed E-state index contributed by atoms with van der Waals surface area (Å²) < 4.78 is 4.62. The number of nitrogens with zero attached hydrogens (tertiary/aromatic N) is 3. The molecule has 1 aromatic heterocycles. The van der Waals surface area contributed by atoms with Crippen LogP contribution in [0.15, 0.2) is 12.4 Å². The molecule has 104 valence electrons. The average molecular weight is 264 g/mol. The van der Waals surface area contributed by atoms with Crippen molar-refractivity contribution >= 4 is 11.8 Å². The van der Waals surface area contributed by atoms with E-state index >= 15 is 0 Å². The number of hydrogen-bond acceptors (Lipinski definition) is 6. The van der Waals surface area contributed by atoms with E-state index in [2.05, 4.69) is 32.0 Å². The van der Waals surface area contributed by atoms with Crippen LogP contribution in [-0.2, 0) is 4.74 Å². The maximum Gasteiger partial charge on any atom is 0.358 e. The summed E-state index contributed by atoms with van der Waals surface area (Å²) in [5.74, 6) is 0.817. The predicted molar refractivity (Wildman–Crippen MR) is 72.1 cm³/mol. The fourth-order valence-corrected chi connectivity index (χ4v) is 2.17. The van der Waals surface area contributed by atoms with Gasteiger partial charge in [-0.2, -0.15) is 0 Å². The first kappa shape index (κ1) is 13.7. The van der Waals surface area contributed by atoms with Gasteiger partial charge in [0.25, 0.3) is 0 Å². The van der Waals surface area contributed by atoms with Gasteiger partial charge in [0.05, 0.1) is 19.5 Å². The monoisotopic (exact) mass is 264 g/mol. The van der Waals surface area contributed by atoms with Gasteiger partial charge in [0, 0.05) is 6.54 Å². The van der Waals surface area contributed by atoms with Crippen molar-refractivity contribution in [1.82, 2.24) is 14.9 Å². The lowest BCUT2D eigenvalue weighted by atomic mass is 9.97. The minimum Gasteiger partial charge on any atom is -0.464 e. The lowest BCUT2D eigenvalue weighted by molar-refractivity contribution is 0.0593. The topological polar surface area (TPSA) is 67.3 Å². The number of rotatable bonds is 4. The molecule has 0 bridgehead atoms. The summed E-state index contributed by atoms with van der Waals surface area (Å²) in [6.07, 6.45) is 5.41. The fraction of sp³-hybridized carbons (Fsp3) is 0.615. The van der Waals surface area contributed by atoms with Crippen LogP contribution in [-0.4, -0.2) is 54.6 Å². The highest BCUT2D eigenvalue weighted by atomic mass is 16.5. The van der Waals surface area contributed by atoms with Gasteiger partial charge >= 0.3 is 5.97 Å². The molecule has 0 atom stereocenters. The van der Waals surface area contributed by atoms with Crippen molar-refractivity contribution < 1.29 is 9.53 Å². The molecule has 0 spiro atoms. The summed E-state index contributed by atoms with van der Waals surface area (Å²) in [6, 6.07) is 0. The number of nitrogens with one attached hydrogen (secondary N) is 1. The minimum absolute atomic E-state index is 0.232. The molecule has 1 aliphatic heterocycles. The van der Waals surface area contributed by atoms with Gasteiger partial charge in [-0.05, 0) is 38.9 Å². The summed E-state index contributed by atoms with van der Waals surface area (Å²) >= 11 is 0. The van der Waals surface area contributed by atoms with Gasteiger partial charge < -0.3 is 15.0 Å². The maximum atomic E-state index is 11.3. The molecule has 0 radical (unpaired) electrons. The Labute approximate surface area is 113 Å². The molecular weight excluding hydrogens is 244 g/mol. The summed E-state index contributed by atoms with van der Waals surface area (Å²) in [7, 11) is 3.48. The molecule has 1 aliphatic rings. The van der Waals surface area contributed by atoms with E-state index in [0.717, 1.165) is 19.6 Å². The molecule has 2 heterocycles. The van der Waals surface area contributed by atoms with Crippen molar-refractivity contribution in [2.24, 2.45) is 5.92 Å². The van der Waals surface area contributed by atoms with Crippen molar-refractivity contribution in [3.63, 3.8) is 0 Å². The first-order chi connectivity index (χ1) is 9.19. The van der Waals surface area contributed by atoms with E-state index in [1.54, 1.807) is 6.20 Å². The number of carbonyl (C=O) groups excluding carboxylic acids is 1. The van der Waals surface area contributed by atoms with Gasteiger partial charge in [0.1, 0.15) is 5.82 Å². The molecule has 0 unspecified atom stereocenters. The Morgan fingerprint density at radius 2 is 2.21 bits per heavy atom. The zero-order chi connectivity index (χ0) is 13.7. The number of methoxy groups -OCH3 is 1. The highest BCUT2D eigenvalue weighted by Crippen LogP contribution is 2.16. The van der Waals surface area contributed by atoms with Crippen LogP contribution in [0, 0.1) is 5.92 Å². The number of aromatic nitrogens is 2. The Morgan fingerprint density at radius 1 is 1.47 bits per heavy atom. The number of likely N-dealkylation sites (tertiary alicyclic amines) is 1. The molecule has 1 N–H and O–H groups in total. The number of carbonyl (C=O) groups is 1. The Balaban J connectivity index is 1.87. The van der Waals surface area contributed by atoms with E-state index in [1.807, 2.05) is 0 Å². The van der Waals surface area contributed by atoms with E-state index < -0.39 is 5.97 Å². The van der Waals surface area contributed by atoms with Crippen LogP contribution >= 0.6 is 0 Å². The second kappa shape index (κ2) is 6.47. The standard InChI is InChI=1S/C13H20N4O2/c1-17-5-3-10(4-6-17)7-15-12-9-14-8-11(16-12)13(18)19-2/h8-10H,3-7H2,1-2H3,(H,15,16). The Kier molecular flexibility index (Phi) is 4.68. The molecule has 6 heteroatoms. The summed E-state index contributed by atoms with van der Waals surface area (Å²) in [5, 5.41) is 3.25. The number of ether oxygens (including phenoxy) is 1. The van der Waals surface area contributed by atoms with Gasteiger partial charge in [-0.25, -0.2) is 9.78 Å². The van der Waals surface area contributed by atoms with E-state index in [4.69, 9.17) is 0 Å². The van der Waals surface area contributed by atoms with E-state index in [0.29, 0.717) is 11.7 Å². The number of piperidine rings is 1. The third-order valence-corrected chi connectivity index (χ3v) is 3.44. The molecule has 1 fully saturated rings. The van der Waals surface area contributed by atoms with Crippen LogP contribution in [0.3, 0.4) is 0 Å². The van der Waals surface area contributed by atoms with Gasteiger partial charge in [-0.1, -0.05) is 0 Å². The smallest absolute Gasteiger partial charge is 0.358 e. The third kappa shape index (κ3) is 3.89. The van der Waals surface area contributed by atoms with E-state index in [1.165, 1.54) is 26.1 Å². The zero-order valence-electron chi connectivity index (χ0n) is 11.4. The molecule has 0 amide bonds. The van der Waals surface area contributed by atoms with Crippen LogP contribution in [0.25, 0.3) is 0 Å². The molecular formula is C13H20N4O2. The van der Waals surface area contributed by atoms with Crippen molar-refractivity contribution in [2.45, 2.75) is 12.8 Å². The third-order valence-electron chi connectivity index (χ3n) is 3.44. The fourth-order valence-electron chi connectivity index (χ4n) is 2.17. The molecule has 0 aliphatic carbocycles. The molecule has 2 rings (SSSR count). The van der Waals surface area contributed by atoms with Crippen LogP contribution in [0.4, 0.5) is 5.82 Å². The molecule has 1 saturated heterocycles. The Morgan fingerprint density at radius 3 is 2.89 bits per heavy atom. The molecule has 1 aromatic rings. The molecule has 6 nitrogen and oxygen atoms in total. The van der Waals surface area contributed by atoms with Crippen LogP contribution in [0.5, 0.6) is 0 Å². The van der Waals surface area contributed by atoms with Gasteiger partial charge in [-0.3, -0.25) is 4.98 Å². The quantitative estimate of drug-likeness (QED) is 0.819. The van der Waals surface area contributed by atoms with Crippen molar-refractivity contribution in [3.05, 3.63) is 18.1 Å². The van der Waals surface area contributed by atoms with Gasteiger partial charge in [0.2, 0.25) is 0 Å². The molecule has 0 saturated carbocycles. The van der Waals surface area contributed by atoms with Crippen molar-refractivity contribution in [2.75, 3.05) is 39.1 Å². The van der Waals surface area contributed by atoms with Gasteiger partial charge in [0.15, 0.2) is 5.69 Å². The minimum atomic E-state index is -0.463. The molecule has 19 heavy (non-hydrogen) atoms. The largest absolute Gasteiger partial charge is 0.464 e. The maximum absolute atomic E-state index is 11.3. The van der Waals surface area contributed by atoms with Gasteiger partial charge in [-0.15, -0.1) is 0 Å². The predicted octanol–water partition coefficient (Wildman–Crippen LogP) is 1.02. The second-order valence-electron chi connectivity index (χ2n) is 4.91. The number of hydrogen-bond donors (Lipinski definition) is 1. The number of esters is 1. The first-order valence-electron chi connectivity index (χ1n) is 6.52. The average Bonchev–Trinajstić information content (AvgIpc) is 2.46. The van der Waals surface area contributed by atoms with Crippen LogP contribution in [0.1, 0.15) is 23.3 Å². The molecule has 0 aromatic carbocycles. The summed E-state index contributed by atoms with van der Waals surface area (Å²) in [5.41, 5.74) is 0.232. The van der Waals surface area contributed by atoms with Crippen molar-refractivity contribution in [3.8, 4) is 0 Å².